The van der Waals surface area contributed by atoms with E-state index in [9.17, 15) is 14.4 Å². The van der Waals surface area contributed by atoms with Gasteiger partial charge in [-0.05, 0) is 30.2 Å². The number of hydrogen-bond donors (Lipinski definition) is 2. The van der Waals surface area contributed by atoms with Crippen LogP contribution in [0.5, 0.6) is 0 Å². The average Bonchev–Trinajstić information content (AvgIpc) is 2.82. The van der Waals surface area contributed by atoms with Gasteiger partial charge in [0.1, 0.15) is 6.04 Å². The second-order valence-electron chi connectivity index (χ2n) is 5.33. The van der Waals surface area contributed by atoms with Gasteiger partial charge in [-0.25, -0.2) is 0 Å². The third-order valence-electron chi connectivity index (χ3n) is 3.92. The number of benzene rings is 1. The predicted octanol–water partition coefficient (Wildman–Crippen LogP) is 0.493. The van der Waals surface area contributed by atoms with Crippen LogP contribution >= 0.6 is 0 Å². The van der Waals surface area contributed by atoms with E-state index in [0.717, 1.165) is 11.3 Å². The molecule has 2 N–H and O–H groups in total. The molecule has 1 saturated heterocycles. The normalized spacial score (nSPS) is 20.4. The minimum atomic E-state index is -0.584. The number of hydrogen-bond acceptors (Lipinski definition) is 4. The van der Waals surface area contributed by atoms with Crippen LogP contribution in [0.25, 0.3) is 0 Å². The van der Waals surface area contributed by atoms with Gasteiger partial charge >= 0.3 is 0 Å². The fourth-order valence-corrected chi connectivity index (χ4v) is 2.84. The van der Waals surface area contributed by atoms with E-state index < -0.39 is 11.9 Å². The van der Waals surface area contributed by atoms with Gasteiger partial charge in [0.25, 0.3) is 5.91 Å². The van der Waals surface area contributed by atoms with Crippen molar-refractivity contribution in [2.24, 2.45) is 0 Å². The van der Waals surface area contributed by atoms with E-state index in [4.69, 9.17) is 6.42 Å². The summed E-state index contributed by atoms with van der Waals surface area (Å²) in [4.78, 5) is 37.1. The Morgan fingerprint density at radius 1 is 1.36 bits per heavy atom. The van der Waals surface area contributed by atoms with E-state index in [1.807, 2.05) is 6.07 Å². The van der Waals surface area contributed by atoms with Crippen molar-refractivity contribution < 1.29 is 14.4 Å². The lowest BCUT2D eigenvalue weighted by Crippen LogP contribution is -2.52. The Balaban J connectivity index is 1.80. The Morgan fingerprint density at radius 2 is 2.18 bits per heavy atom. The highest BCUT2D eigenvalue weighted by molar-refractivity contribution is 6.05. The molecule has 0 saturated carbocycles. The number of amides is 3. The quantitative estimate of drug-likeness (QED) is 0.629. The highest BCUT2D eigenvalue weighted by atomic mass is 16.2. The van der Waals surface area contributed by atoms with Gasteiger partial charge in [0, 0.05) is 24.2 Å². The van der Waals surface area contributed by atoms with Crippen molar-refractivity contribution in [3.8, 4) is 12.3 Å². The number of anilines is 1. The topological polar surface area (TPSA) is 78.5 Å². The van der Waals surface area contributed by atoms with Crippen LogP contribution in [-0.2, 0) is 16.1 Å². The molecule has 112 valence electrons. The molecule has 2 aliphatic heterocycles. The summed E-state index contributed by atoms with van der Waals surface area (Å²) in [7, 11) is 0. The molecule has 1 aromatic carbocycles. The van der Waals surface area contributed by atoms with E-state index in [2.05, 4.69) is 16.6 Å². The van der Waals surface area contributed by atoms with E-state index in [0.29, 0.717) is 25.1 Å². The minimum absolute atomic E-state index is 0.173. The van der Waals surface area contributed by atoms with Gasteiger partial charge in [-0.3, -0.25) is 19.7 Å². The Morgan fingerprint density at radius 3 is 2.91 bits per heavy atom. The maximum atomic E-state index is 12.5. The standard InChI is InChI=1S/C16H15N3O3/c1-2-7-17-11-3-4-12-10(8-11)9-19(16(12)22)13-5-6-14(20)18-15(13)21/h1,3-4,8,13,17H,5-7,9H2,(H,18,20,21). The monoisotopic (exact) mass is 297 g/mol. The molecule has 6 nitrogen and oxygen atoms in total. The van der Waals surface area contributed by atoms with Gasteiger partial charge in [-0.15, -0.1) is 6.42 Å². The fraction of sp³-hybridized carbons (Fsp3) is 0.312. The predicted molar refractivity (Wildman–Crippen MR) is 79.8 cm³/mol. The first-order valence-electron chi connectivity index (χ1n) is 7.05. The number of imide groups is 1. The molecule has 6 heteroatoms. The molecule has 2 heterocycles. The number of piperidine rings is 1. The van der Waals surface area contributed by atoms with Crippen LogP contribution in [0, 0.1) is 12.3 Å². The first-order chi connectivity index (χ1) is 10.6. The van der Waals surface area contributed by atoms with Crippen LogP contribution in [-0.4, -0.2) is 35.2 Å². The molecule has 22 heavy (non-hydrogen) atoms. The van der Waals surface area contributed by atoms with Gasteiger partial charge in [0.15, 0.2) is 0 Å². The smallest absolute Gasteiger partial charge is 0.255 e. The van der Waals surface area contributed by atoms with Gasteiger partial charge in [0.05, 0.1) is 6.54 Å². The van der Waals surface area contributed by atoms with Crippen molar-refractivity contribution in [1.82, 2.24) is 10.2 Å². The second-order valence-corrected chi connectivity index (χ2v) is 5.33. The largest absolute Gasteiger partial charge is 0.374 e. The Labute approximate surface area is 127 Å². The molecule has 0 aromatic heterocycles. The van der Waals surface area contributed by atoms with Crippen molar-refractivity contribution >= 4 is 23.4 Å². The van der Waals surface area contributed by atoms with Gasteiger partial charge in [-0.1, -0.05) is 5.92 Å². The third kappa shape index (κ3) is 2.42. The number of nitrogens with one attached hydrogen (secondary N) is 2. The van der Waals surface area contributed by atoms with Crippen LogP contribution in [0.2, 0.25) is 0 Å². The van der Waals surface area contributed by atoms with Gasteiger partial charge in [-0.2, -0.15) is 0 Å². The third-order valence-corrected chi connectivity index (χ3v) is 3.92. The van der Waals surface area contributed by atoms with Gasteiger partial charge < -0.3 is 10.2 Å². The zero-order valence-electron chi connectivity index (χ0n) is 11.9. The van der Waals surface area contributed by atoms with E-state index in [1.54, 1.807) is 12.1 Å². The lowest BCUT2D eigenvalue weighted by atomic mass is 10.0. The van der Waals surface area contributed by atoms with Crippen LogP contribution < -0.4 is 10.6 Å². The molecule has 0 aliphatic carbocycles. The minimum Gasteiger partial charge on any atom is -0.374 e. The summed E-state index contributed by atoms with van der Waals surface area (Å²) in [5, 5.41) is 5.34. The zero-order valence-corrected chi connectivity index (χ0v) is 11.9. The molecule has 0 bridgehead atoms. The lowest BCUT2D eigenvalue weighted by molar-refractivity contribution is -0.136. The number of nitrogens with zero attached hydrogens (tertiary/aromatic N) is 1. The molecule has 2 aliphatic rings. The number of carbonyl (C=O) groups excluding carboxylic acids is 3. The number of fused-ring (bicyclic) bond motifs is 1. The molecule has 1 unspecified atom stereocenters. The molecule has 0 radical (unpaired) electrons. The molecule has 1 atom stereocenters. The van der Waals surface area contributed by atoms with Crippen LogP contribution in [0.1, 0.15) is 28.8 Å². The van der Waals surface area contributed by atoms with Crippen LogP contribution in [0.4, 0.5) is 5.69 Å². The Kier molecular flexibility index (Phi) is 3.55. The zero-order chi connectivity index (χ0) is 15.7. The van der Waals surface area contributed by atoms with E-state index >= 15 is 0 Å². The summed E-state index contributed by atoms with van der Waals surface area (Å²) >= 11 is 0. The summed E-state index contributed by atoms with van der Waals surface area (Å²) < 4.78 is 0. The number of rotatable bonds is 3. The van der Waals surface area contributed by atoms with Crippen LogP contribution in [0.3, 0.4) is 0 Å². The van der Waals surface area contributed by atoms with E-state index in [1.165, 1.54) is 4.90 Å². The highest BCUT2D eigenvalue weighted by Gasteiger charge is 2.38. The van der Waals surface area contributed by atoms with Crippen LogP contribution in [0.15, 0.2) is 18.2 Å². The summed E-state index contributed by atoms with van der Waals surface area (Å²) in [6.07, 6.45) is 5.83. The second kappa shape index (κ2) is 5.53. The van der Waals surface area contributed by atoms with Crippen molar-refractivity contribution in [1.29, 1.82) is 0 Å². The van der Waals surface area contributed by atoms with Gasteiger partial charge in [0.2, 0.25) is 11.8 Å². The summed E-state index contributed by atoms with van der Waals surface area (Å²) in [6, 6.07) is 4.82. The Hall–Kier alpha value is -2.81. The summed E-state index contributed by atoms with van der Waals surface area (Å²) in [5.41, 5.74) is 2.29. The summed E-state index contributed by atoms with van der Waals surface area (Å²) in [6.45, 7) is 0.773. The van der Waals surface area contributed by atoms with Crippen molar-refractivity contribution in [2.45, 2.75) is 25.4 Å². The first-order valence-corrected chi connectivity index (χ1v) is 7.05. The number of terminal acetylenes is 1. The first kappa shape index (κ1) is 14.1. The molecule has 1 fully saturated rings. The average molecular weight is 297 g/mol. The van der Waals surface area contributed by atoms with Crippen molar-refractivity contribution in [3.63, 3.8) is 0 Å². The van der Waals surface area contributed by atoms with E-state index in [-0.39, 0.29) is 18.2 Å². The number of carbonyl (C=O) groups is 3. The maximum Gasteiger partial charge on any atom is 0.255 e. The summed E-state index contributed by atoms with van der Waals surface area (Å²) in [5.74, 6) is 1.63. The molecular formula is C16H15N3O3. The molecule has 1 aromatic rings. The lowest BCUT2D eigenvalue weighted by Gasteiger charge is -2.29. The fourth-order valence-electron chi connectivity index (χ4n) is 2.84. The molecule has 0 spiro atoms. The van der Waals surface area contributed by atoms with Crippen molar-refractivity contribution in [3.05, 3.63) is 29.3 Å². The highest BCUT2D eigenvalue weighted by Crippen LogP contribution is 2.29. The molecule has 3 rings (SSSR count). The SMILES string of the molecule is C#CCNc1ccc2c(c1)CN(C1CCC(=O)NC1=O)C2=O. The molecular weight excluding hydrogens is 282 g/mol. The maximum absolute atomic E-state index is 12.5. The molecule has 3 amide bonds. The van der Waals surface area contributed by atoms with Crippen molar-refractivity contribution in [2.75, 3.05) is 11.9 Å². The Bertz CT molecular complexity index is 705.